The Morgan fingerprint density at radius 2 is 2.24 bits per heavy atom. The number of hydrogen-bond donors (Lipinski definition) is 1. The van der Waals surface area contributed by atoms with E-state index in [2.05, 4.69) is 26.0 Å². The summed E-state index contributed by atoms with van der Waals surface area (Å²) in [5.74, 6) is 0.217. The minimum Gasteiger partial charge on any atom is -0.434 e. The van der Waals surface area contributed by atoms with Crippen molar-refractivity contribution >= 4 is 15.9 Å². The van der Waals surface area contributed by atoms with Crippen LogP contribution < -0.4 is 10.1 Å². The molecular weight excluding hydrogens is 344 g/mol. The van der Waals surface area contributed by atoms with Crippen molar-refractivity contribution in [2.24, 2.45) is 0 Å². The van der Waals surface area contributed by atoms with Gasteiger partial charge in [0, 0.05) is 23.2 Å². The molecule has 1 fully saturated rings. The van der Waals surface area contributed by atoms with E-state index < -0.39 is 6.61 Å². The van der Waals surface area contributed by atoms with Crippen molar-refractivity contribution < 1.29 is 18.3 Å². The van der Waals surface area contributed by atoms with E-state index in [4.69, 9.17) is 4.74 Å². The molecule has 118 valence electrons. The SMILES string of the molecule is FC(F)Oc1ccc(Br)cc1CNCCC1CCCCO1. The summed E-state index contributed by atoms with van der Waals surface area (Å²) >= 11 is 3.34. The first kappa shape index (κ1) is 16.6. The molecule has 0 bridgehead atoms. The summed E-state index contributed by atoms with van der Waals surface area (Å²) in [5, 5.41) is 3.26. The largest absolute Gasteiger partial charge is 0.434 e. The van der Waals surface area contributed by atoms with E-state index in [1.165, 1.54) is 6.42 Å². The van der Waals surface area contributed by atoms with E-state index in [0.29, 0.717) is 18.2 Å². The Morgan fingerprint density at radius 1 is 1.38 bits per heavy atom. The molecule has 1 aliphatic rings. The number of nitrogens with one attached hydrogen (secondary N) is 1. The molecular formula is C15H20BrF2NO2. The summed E-state index contributed by atoms with van der Waals surface area (Å²) in [7, 11) is 0. The van der Waals surface area contributed by atoms with Gasteiger partial charge in [-0.05, 0) is 50.4 Å². The molecule has 2 rings (SSSR count). The van der Waals surface area contributed by atoms with Gasteiger partial charge in [0.2, 0.25) is 0 Å². The van der Waals surface area contributed by atoms with Crippen LogP contribution in [0.2, 0.25) is 0 Å². The fourth-order valence-corrected chi connectivity index (χ4v) is 2.83. The molecule has 1 aromatic carbocycles. The normalized spacial score (nSPS) is 19.0. The molecule has 1 saturated heterocycles. The second-order valence-electron chi connectivity index (χ2n) is 5.08. The molecule has 0 amide bonds. The number of hydrogen-bond acceptors (Lipinski definition) is 3. The molecule has 0 aliphatic carbocycles. The molecule has 1 atom stereocenters. The lowest BCUT2D eigenvalue weighted by Gasteiger charge is -2.22. The zero-order valence-electron chi connectivity index (χ0n) is 11.8. The summed E-state index contributed by atoms with van der Waals surface area (Å²) < 4.78 is 35.7. The third-order valence-corrected chi connectivity index (χ3v) is 3.96. The van der Waals surface area contributed by atoms with Gasteiger partial charge < -0.3 is 14.8 Å². The molecule has 21 heavy (non-hydrogen) atoms. The van der Waals surface area contributed by atoms with Crippen LogP contribution in [-0.4, -0.2) is 25.9 Å². The highest BCUT2D eigenvalue weighted by molar-refractivity contribution is 9.10. The maximum Gasteiger partial charge on any atom is 0.387 e. The highest BCUT2D eigenvalue weighted by Gasteiger charge is 2.13. The van der Waals surface area contributed by atoms with E-state index in [1.807, 2.05) is 0 Å². The zero-order valence-corrected chi connectivity index (χ0v) is 13.4. The number of halogens is 3. The van der Waals surface area contributed by atoms with Gasteiger partial charge in [0.25, 0.3) is 0 Å². The van der Waals surface area contributed by atoms with Crippen LogP contribution in [0, 0.1) is 0 Å². The number of alkyl halides is 2. The van der Waals surface area contributed by atoms with Gasteiger partial charge in [-0.15, -0.1) is 0 Å². The van der Waals surface area contributed by atoms with Crippen LogP contribution >= 0.6 is 15.9 Å². The Hall–Kier alpha value is -0.720. The van der Waals surface area contributed by atoms with Crippen molar-refractivity contribution in [3.05, 3.63) is 28.2 Å². The minimum atomic E-state index is -2.81. The first-order valence-electron chi connectivity index (χ1n) is 7.20. The number of benzene rings is 1. The summed E-state index contributed by atoms with van der Waals surface area (Å²) in [6.45, 7) is -0.664. The fourth-order valence-electron chi connectivity index (χ4n) is 2.42. The maximum absolute atomic E-state index is 12.4. The van der Waals surface area contributed by atoms with Crippen molar-refractivity contribution in [2.75, 3.05) is 13.2 Å². The van der Waals surface area contributed by atoms with Gasteiger partial charge in [-0.1, -0.05) is 15.9 Å². The Morgan fingerprint density at radius 3 is 2.95 bits per heavy atom. The van der Waals surface area contributed by atoms with Crippen LogP contribution in [0.25, 0.3) is 0 Å². The average molecular weight is 364 g/mol. The smallest absolute Gasteiger partial charge is 0.387 e. The fraction of sp³-hybridized carbons (Fsp3) is 0.600. The quantitative estimate of drug-likeness (QED) is 0.739. The molecule has 0 radical (unpaired) electrons. The Bertz CT molecular complexity index is 440. The first-order chi connectivity index (χ1) is 10.1. The van der Waals surface area contributed by atoms with Gasteiger partial charge in [0.05, 0.1) is 6.10 Å². The lowest BCUT2D eigenvalue weighted by Crippen LogP contribution is -2.25. The van der Waals surface area contributed by atoms with Crippen LogP contribution in [-0.2, 0) is 11.3 Å². The van der Waals surface area contributed by atoms with Gasteiger partial charge in [-0.25, -0.2) is 0 Å². The molecule has 3 nitrogen and oxygen atoms in total. The summed E-state index contributed by atoms with van der Waals surface area (Å²) in [6.07, 6.45) is 4.75. The molecule has 1 aromatic rings. The molecule has 1 unspecified atom stereocenters. The Labute approximate surface area is 132 Å². The second kappa shape index (κ2) is 8.66. The maximum atomic E-state index is 12.4. The third-order valence-electron chi connectivity index (χ3n) is 3.47. The summed E-state index contributed by atoms with van der Waals surface area (Å²) in [6, 6.07) is 5.04. The predicted octanol–water partition coefficient (Wildman–Crippen LogP) is 4.10. The van der Waals surface area contributed by atoms with Crippen LogP contribution in [0.1, 0.15) is 31.2 Å². The van der Waals surface area contributed by atoms with Crippen LogP contribution in [0.5, 0.6) is 5.75 Å². The zero-order chi connectivity index (χ0) is 15.1. The Balaban J connectivity index is 1.79. The van der Waals surface area contributed by atoms with Gasteiger partial charge >= 0.3 is 6.61 Å². The molecule has 6 heteroatoms. The Kier molecular flexibility index (Phi) is 6.86. The highest BCUT2D eigenvalue weighted by atomic mass is 79.9. The van der Waals surface area contributed by atoms with Crippen LogP contribution in [0.3, 0.4) is 0 Å². The van der Waals surface area contributed by atoms with Crippen molar-refractivity contribution in [2.45, 2.75) is 44.9 Å². The number of rotatable bonds is 7. The van der Waals surface area contributed by atoms with Crippen molar-refractivity contribution in [3.63, 3.8) is 0 Å². The summed E-state index contributed by atoms with van der Waals surface area (Å²) in [5.41, 5.74) is 0.717. The molecule has 1 heterocycles. The number of ether oxygens (including phenoxy) is 2. The summed E-state index contributed by atoms with van der Waals surface area (Å²) in [4.78, 5) is 0. The molecule has 0 saturated carbocycles. The average Bonchev–Trinajstić information content (AvgIpc) is 2.47. The third kappa shape index (κ3) is 5.88. The lowest BCUT2D eigenvalue weighted by atomic mass is 10.1. The van der Waals surface area contributed by atoms with E-state index >= 15 is 0 Å². The van der Waals surface area contributed by atoms with E-state index in [-0.39, 0.29) is 5.75 Å². The van der Waals surface area contributed by atoms with Crippen LogP contribution in [0.4, 0.5) is 8.78 Å². The first-order valence-corrected chi connectivity index (χ1v) is 8.00. The van der Waals surface area contributed by atoms with Gasteiger partial charge in [0.15, 0.2) is 0 Å². The second-order valence-corrected chi connectivity index (χ2v) is 6.00. The molecule has 0 spiro atoms. The van der Waals surface area contributed by atoms with Crippen molar-refractivity contribution in [1.29, 1.82) is 0 Å². The van der Waals surface area contributed by atoms with E-state index in [0.717, 1.165) is 36.9 Å². The molecule has 0 aromatic heterocycles. The molecule has 1 aliphatic heterocycles. The van der Waals surface area contributed by atoms with Crippen LogP contribution in [0.15, 0.2) is 22.7 Å². The van der Waals surface area contributed by atoms with Gasteiger partial charge in [-0.2, -0.15) is 8.78 Å². The lowest BCUT2D eigenvalue weighted by molar-refractivity contribution is -0.0505. The van der Waals surface area contributed by atoms with Crippen molar-refractivity contribution in [1.82, 2.24) is 5.32 Å². The topological polar surface area (TPSA) is 30.5 Å². The monoisotopic (exact) mass is 363 g/mol. The predicted molar refractivity (Wildman–Crippen MR) is 80.7 cm³/mol. The van der Waals surface area contributed by atoms with Crippen molar-refractivity contribution in [3.8, 4) is 5.75 Å². The van der Waals surface area contributed by atoms with E-state index in [9.17, 15) is 8.78 Å². The highest BCUT2D eigenvalue weighted by Crippen LogP contribution is 2.24. The van der Waals surface area contributed by atoms with Gasteiger partial charge in [-0.3, -0.25) is 0 Å². The molecule has 1 N–H and O–H groups in total. The van der Waals surface area contributed by atoms with E-state index in [1.54, 1.807) is 18.2 Å². The standard InChI is InChI=1S/C15H20BrF2NO2/c16-12-4-5-14(21-15(17)18)11(9-12)10-19-7-6-13-3-1-2-8-20-13/h4-5,9,13,15,19H,1-3,6-8,10H2. The minimum absolute atomic E-state index is 0.217. The van der Waals surface area contributed by atoms with Gasteiger partial charge in [0.1, 0.15) is 5.75 Å².